The fraction of sp³-hybridized carbons (Fsp3) is 0.529. The highest BCUT2D eigenvalue weighted by molar-refractivity contribution is 7.93. The molecule has 0 aromatic heterocycles. The molecule has 4 nitrogen and oxygen atoms in total. The van der Waals surface area contributed by atoms with Gasteiger partial charge in [-0.3, -0.25) is 0 Å². The normalized spacial score (nSPS) is 16.0. The van der Waals surface area contributed by atoms with Crippen LogP contribution in [0.1, 0.15) is 43.7 Å². The second kappa shape index (κ2) is 7.90. The molecule has 1 aliphatic carbocycles. The molecule has 1 atom stereocenters. The maximum atomic E-state index is 12.5. The molecule has 0 spiro atoms. The van der Waals surface area contributed by atoms with E-state index in [1.165, 1.54) is 5.56 Å². The van der Waals surface area contributed by atoms with Crippen LogP contribution in [0, 0.1) is 5.92 Å². The van der Waals surface area contributed by atoms with Gasteiger partial charge in [0.1, 0.15) is 0 Å². The SMILES string of the molecule is CCCC(CCO)CNS(=O)(=O)C1=Cc2ccccc2CC1. The maximum Gasteiger partial charge on any atom is 0.236 e. The molecule has 0 amide bonds. The molecule has 0 saturated heterocycles. The first kappa shape index (κ1) is 17.2. The van der Waals surface area contributed by atoms with Gasteiger partial charge < -0.3 is 5.11 Å². The summed E-state index contributed by atoms with van der Waals surface area (Å²) in [5, 5.41) is 9.06. The van der Waals surface area contributed by atoms with Gasteiger partial charge in [-0.2, -0.15) is 0 Å². The average molecular weight is 323 g/mol. The lowest BCUT2D eigenvalue weighted by atomic mass is 9.98. The molecule has 1 aromatic carbocycles. The van der Waals surface area contributed by atoms with Crippen LogP contribution in [0.2, 0.25) is 0 Å². The van der Waals surface area contributed by atoms with Crippen molar-refractivity contribution in [2.75, 3.05) is 13.2 Å². The summed E-state index contributed by atoms with van der Waals surface area (Å²) in [5.74, 6) is 0.196. The number of aryl methyl sites for hydroxylation is 1. The molecule has 0 aliphatic heterocycles. The molecule has 5 heteroatoms. The van der Waals surface area contributed by atoms with E-state index >= 15 is 0 Å². The van der Waals surface area contributed by atoms with E-state index in [2.05, 4.69) is 11.6 Å². The lowest BCUT2D eigenvalue weighted by Gasteiger charge is -2.19. The summed E-state index contributed by atoms with van der Waals surface area (Å²) in [4.78, 5) is 0.463. The number of sulfonamides is 1. The highest BCUT2D eigenvalue weighted by Gasteiger charge is 2.22. The van der Waals surface area contributed by atoms with Crippen LogP contribution in [-0.4, -0.2) is 26.7 Å². The first-order valence-electron chi connectivity index (χ1n) is 7.96. The summed E-state index contributed by atoms with van der Waals surface area (Å²) in [5.41, 5.74) is 2.19. The van der Waals surface area contributed by atoms with Gasteiger partial charge in [-0.05, 0) is 48.8 Å². The summed E-state index contributed by atoms with van der Waals surface area (Å²) in [6.45, 7) is 2.57. The first-order valence-corrected chi connectivity index (χ1v) is 9.44. The van der Waals surface area contributed by atoms with Gasteiger partial charge in [-0.25, -0.2) is 13.1 Å². The van der Waals surface area contributed by atoms with Crippen molar-refractivity contribution in [1.29, 1.82) is 0 Å². The Bertz CT molecular complexity index is 617. The smallest absolute Gasteiger partial charge is 0.236 e. The molecule has 0 heterocycles. The monoisotopic (exact) mass is 323 g/mol. The van der Waals surface area contributed by atoms with E-state index in [1.807, 2.05) is 24.3 Å². The van der Waals surface area contributed by atoms with Crippen molar-refractivity contribution < 1.29 is 13.5 Å². The fourth-order valence-electron chi connectivity index (χ4n) is 2.88. The predicted molar refractivity (Wildman–Crippen MR) is 89.8 cm³/mol. The van der Waals surface area contributed by atoms with Crippen LogP contribution >= 0.6 is 0 Å². The largest absolute Gasteiger partial charge is 0.396 e. The standard InChI is InChI=1S/C17H25NO3S/c1-2-5-14(10-11-19)13-18-22(20,21)17-9-8-15-6-3-4-7-16(15)12-17/h3-4,6-7,12,14,18-19H,2,5,8-11,13H2,1H3. The first-order chi connectivity index (χ1) is 10.6. The molecule has 0 saturated carbocycles. The van der Waals surface area contributed by atoms with Crippen molar-refractivity contribution in [3.05, 3.63) is 40.3 Å². The van der Waals surface area contributed by atoms with Gasteiger partial charge in [0.25, 0.3) is 0 Å². The molecule has 1 unspecified atom stereocenters. The number of hydrogen-bond donors (Lipinski definition) is 2. The Hall–Kier alpha value is -1.17. The lowest BCUT2D eigenvalue weighted by molar-refractivity contribution is 0.251. The van der Waals surface area contributed by atoms with Gasteiger partial charge in [-0.15, -0.1) is 0 Å². The Labute approximate surface area is 133 Å². The molecular weight excluding hydrogens is 298 g/mol. The third-order valence-corrected chi connectivity index (χ3v) is 5.71. The summed E-state index contributed by atoms with van der Waals surface area (Å²) < 4.78 is 27.7. The number of nitrogens with one attached hydrogen (secondary N) is 1. The van der Waals surface area contributed by atoms with Crippen LogP contribution in [0.5, 0.6) is 0 Å². The molecule has 22 heavy (non-hydrogen) atoms. The zero-order valence-corrected chi connectivity index (χ0v) is 13.9. The van der Waals surface area contributed by atoms with Crippen LogP contribution in [0.25, 0.3) is 6.08 Å². The molecule has 2 N–H and O–H groups in total. The summed E-state index contributed by atoms with van der Waals surface area (Å²) in [6.07, 6.45) is 5.64. The van der Waals surface area contributed by atoms with Crippen molar-refractivity contribution in [3.63, 3.8) is 0 Å². The zero-order valence-electron chi connectivity index (χ0n) is 13.1. The molecule has 2 rings (SSSR count). The van der Waals surface area contributed by atoms with E-state index in [0.29, 0.717) is 24.3 Å². The Morgan fingerprint density at radius 2 is 2.00 bits per heavy atom. The Morgan fingerprint density at radius 3 is 2.73 bits per heavy atom. The Morgan fingerprint density at radius 1 is 1.23 bits per heavy atom. The van der Waals surface area contributed by atoms with Gasteiger partial charge in [0.2, 0.25) is 10.0 Å². The van der Waals surface area contributed by atoms with Crippen LogP contribution in [0.4, 0.5) is 0 Å². The van der Waals surface area contributed by atoms with E-state index in [-0.39, 0.29) is 12.5 Å². The van der Waals surface area contributed by atoms with Crippen LogP contribution in [0.15, 0.2) is 29.2 Å². The minimum Gasteiger partial charge on any atom is -0.396 e. The molecule has 1 aliphatic rings. The third kappa shape index (κ3) is 4.41. The van der Waals surface area contributed by atoms with Crippen molar-refractivity contribution in [3.8, 4) is 0 Å². The molecule has 122 valence electrons. The summed E-state index contributed by atoms with van der Waals surface area (Å²) >= 11 is 0. The number of hydrogen-bond acceptors (Lipinski definition) is 3. The van der Waals surface area contributed by atoms with Gasteiger partial charge in [0.05, 0.1) is 4.91 Å². The molecule has 0 bridgehead atoms. The fourth-order valence-corrected chi connectivity index (χ4v) is 4.17. The highest BCUT2D eigenvalue weighted by atomic mass is 32.2. The topological polar surface area (TPSA) is 66.4 Å². The van der Waals surface area contributed by atoms with E-state index < -0.39 is 10.0 Å². The van der Waals surface area contributed by atoms with Crippen LogP contribution in [-0.2, 0) is 16.4 Å². The quantitative estimate of drug-likeness (QED) is 0.773. The Balaban J connectivity index is 2.06. The minimum absolute atomic E-state index is 0.0997. The second-order valence-corrected chi connectivity index (χ2v) is 7.65. The van der Waals surface area contributed by atoms with E-state index in [0.717, 1.165) is 24.8 Å². The van der Waals surface area contributed by atoms with Crippen molar-refractivity contribution in [2.24, 2.45) is 5.92 Å². The van der Waals surface area contributed by atoms with Gasteiger partial charge in [0, 0.05) is 13.2 Å². The maximum absolute atomic E-state index is 12.5. The summed E-state index contributed by atoms with van der Waals surface area (Å²) in [7, 11) is -3.43. The van der Waals surface area contributed by atoms with E-state index in [4.69, 9.17) is 5.11 Å². The van der Waals surface area contributed by atoms with Crippen molar-refractivity contribution in [1.82, 2.24) is 4.72 Å². The molecule has 1 aromatic rings. The third-order valence-electron chi connectivity index (χ3n) is 4.15. The predicted octanol–water partition coefficient (Wildman–Crippen LogP) is 2.69. The number of aliphatic hydroxyl groups is 1. The Kier molecular flexibility index (Phi) is 6.17. The van der Waals surface area contributed by atoms with E-state index in [9.17, 15) is 8.42 Å². The number of rotatable bonds is 8. The number of aliphatic hydroxyl groups excluding tert-OH is 1. The zero-order chi connectivity index (χ0) is 16.0. The lowest BCUT2D eigenvalue weighted by Crippen LogP contribution is -2.31. The van der Waals surface area contributed by atoms with Gasteiger partial charge >= 0.3 is 0 Å². The highest BCUT2D eigenvalue weighted by Crippen LogP contribution is 2.26. The van der Waals surface area contributed by atoms with Crippen molar-refractivity contribution in [2.45, 2.75) is 39.0 Å². The average Bonchev–Trinajstić information content (AvgIpc) is 2.52. The van der Waals surface area contributed by atoms with Crippen LogP contribution < -0.4 is 4.72 Å². The van der Waals surface area contributed by atoms with Gasteiger partial charge in [0.15, 0.2) is 0 Å². The summed E-state index contributed by atoms with van der Waals surface area (Å²) in [6, 6.07) is 7.91. The molecule has 0 fully saturated rings. The molecular formula is C17H25NO3S. The number of fused-ring (bicyclic) bond motifs is 1. The number of benzene rings is 1. The van der Waals surface area contributed by atoms with E-state index in [1.54, 1.807) is 6.08 Å². The second-order valence-electron chi connectivity index (χ2n) is 5.83. The van der Waals surface area contributed by atoms with Crippen molar-refractivity contribution >= 4 is 16.1 Å². The van der Waals surface area contributed by atoms with Crippen LogP contribution in [0.3, 0.4) is 0 Å². The number of allylic oxidation sites excluding steroid dienone is 1. The minimum atomic E-state index is -3.43. The molecule has 0 radical (unpaired) electrons. The van der Waals surface area contributed by atoms with Gasteiger partial charge in [-0.1, -0.05) is 37.6 Å².